The van der Waals surface area contributed by atoms with Crippen LogP contribution in [0, 0.1) is 6.92 Å². The van der Waals surface area contributed by atoms with Gasteiger partial charge in [-0.3, -0.25) is 4.90 Å². The van der Waals surface area contributed by atoms with Crippen LogP contribution in [0.25, 0.3) is 4.96 Å². The number of hydrogen-bond acceptors (Lipinski definition) is 5. The minimum Gasteiger partial charge on any atom is -0.492 e. The second-order valence-corrected chi connectivity index (χ2v) is 7.79. The molecule has 132 valence electrons. The summed E-state index contributed by atoms with van der Waals surface area (Å²) in [6.07, 6.45) is 4.49. The number of aromatic nitrogens is 3. The number of aryl methyl sites for hydroxylation is 2. The van der Waals surface area contributed by atoms with Crippen LogP contribution in [-0.4, -0.2) is 37.7 Å². The van der Waals surface area contributed by atoms with Gasteiger partial charge in [-0.1, -0.05) is 54.5 Å². The lowest BCUT2D eigenvalue weighted by atomic mass is 9.99. The smallest absolute Gasteiger partial charge is 0.230 e. The van der Waals surface area contributed by atoms with Crippen LogP contribution in [0.15, 0.2) is 24.3 Å². The van der Waals surface area contributed by atoms with Gasteiger partial charge in [-0.05, 0) is 38.4 Å². The molecule has 2 aromatic heterocycles. The Kier molecular flexibility index (Phi) is 4.48. The summed E-state index contributed by atoms with van der Waals surface area (Å²) >= 11 is 1.56. The molecule has 1 aromatic carbocycles. The van der Waals surface area contributed by atoms with E-state index in [2.05, 4.69) is 46.2 Å². The Morgan fingerprint density at radius 3 is 2.72 bits per heavy atom. The summed E-state index contributed by atoms with van der Waals surface area (Å²) in [5, 5.41) is 15.3. The fourth-order valence-electron chi connectivity index (χ4n) is 3.66. The lowest BCUT2D eigenvalue weighted by molar-refractivity contribution is 0.186. The van der Waals surface area contributed by atoms with Crippen molar-refractivity contribution in [2.75, 3.05) is 13.1 Å². The second-order valence-electron chi connectivity index (χ2n) is 6.78. The van der Waals surface area contributed by atoms with Gasteiger partial charge in [0.15, 0.2) is 5.82 Å². The molecule has 25 heavy (non-hydrogen) atoms. The number of aromatic hydroxyl groups is 1. The molecule has 0 spiro atoms. The van der Waals surface area contributed by atoms with Gasteiger partial charge in [0.1, 0.15) is 0 Å². The number of thiazole rings is 1. The maximum atomic E-state index is 10.9. The van der Waals surface area contributed by atoms with Crippen LogP contribution in [-0.2, 0) is 6.42 Å². The fraction of sp³-hybridized carbons (Fsp3) is 0.474. The van der Waals surface area contributed by atoms with Crippen molar-refractivity contribution in [3.63, 3.8) is 0 Å². The summed E-state index contributed by atoms with van der Waals surface area (Å²) in [4.78, 5) is 8.76. The molecular weight excluding hydrogens is 332 g/mol. The van der Waals surface area contributed by atoms with Crippen molar-refractivity contribution in [3.8, 4) is 5.88 Å². The Hall–Kier alpha value is -1.92. The molecule has 1 saturated heterocycles. The van der Waals surface area contributed by atoms with Crippen molar-refractivity contribution in [3.05, 3.63) is 46.1 Å². The van der Waals surface area contributed by atoms with Gasteiger partial charge >= 0.3 is 0 Å². The Balaban J connectivity index is 1.82. The minimum atomic E-state index is 0.0683. The van der Waals surface area contributed by atoms with Crippen LogP contribution in [0.1, 0.15) is 54.1 Å². The molecular formula is C19H24N4OS. The van der Waals surface area contributed by atoms with Gasteiger partial charge in [0, 0.05) is 6.42 Å². The molecule has 0 unspecified atom stereocenters. The van der Waals surface area contributed by atoms with Gasteiger partial charge in [-0.2, -0.15) is 4.52 Å². The van der Waals surface area contributed by atoms with Gasteiger partial charge < -0.3 is 5.11 Å². The second kappa shape index (κ2) is 6.77. The van der Waals surface area contributed by atoms with E-state index in [0.29, 0.717) is 0 Å². The lowest BCUT2D eigenvalue weighted by Crippen LogP contribution is -2.34. The third-order valence-electron chi connectivity index (χ3n) is 4.92. The van der Waals surface area contributed by atoms with Crippen molar-refractivity contribution in [2.24, 2.45) is 0 Å². The Morgan fingerprint density at radius 1 is 1.24 bits per heavy atom. The SMILES string of the molecule is CCc1nc2sc([C@@H](c3cccc(C)c3)N3CCCCC3)c(O)n2n1. The first kappa shape index (κ1) is 16.5. The summed E-state index contributed by atoms with van der Waals surface area (Å²) < 4.78 is 1.60. The average molecular weight is 356 g/mol. The van der Waals surface area contributed by atoms with Crippen LogP contribution < -0.4 is 0 Å². The van der Waals surface area contributed by atoms with Crippen molar-refractivity contribution in [1.82, 2.24) is 19.5 Å². The van der Waals surface area contributed by atoms with Gasteiger partial charge in [0.2, 0.25) is 10.8 Å². The van der Waals surface area contributed by atoms with Crippen molar-refractivity contribution < 1.29 is 5.11 Å². The maximum Gasteiger partial charge on any atom is 0.230 e. The van der Waals surface area contributed by atoms with Crippen LogP contribution >= 0.6 is 11.3 Å². The van der Waals surface area contributed by atoms with E-state index in [0.717, 1.165) is 35.2 Å². The van der Waals surface area contributed by atoms with E-state index in [-0.39, 0.29) is 11.9 Å². The molecule has 1 aliphatic rings. The Morgan fingerprint density at radius 2 is 2.04 bits per heavy atom. The summed E-state index contributed by atoms with van der Waals surface area (Å²) in [6.45, 7) is 6.27. The van der Waals surface area contributed by atoms with E-state index < -0.39 is 0 Å². The highest BCUT2D eigenvalue weighted by molar-refractivity contribution is 7.17. The maximum absolute atomic E-state index is 10.9. The number of likely N-dealkylation sites (tertiary alicyclic amines) is 1. The molecule has 0 aliphatic carbocycles. The normalized spacial score (nSPS) is 17.2. The third kappa shape index (κ3) is 3.04. The van der Waals surface area contributed by atoms with E-state index in [4.69, 9.17) is 0 Å². The molecule has 1 N–H and O–H groups in total. The van der Waals surface area contributed by atoms with Gasteiger partial charge in [0.05, 0.1) is 10.9 Å². The van der Waals surface area contributed by atoms with Crippen LogP contribution in [0.2, 0.25) is 0 Å². The first-order chi connectivity index (χ1) is 12.2. The molecule has 1 atom stereocenters. The van der Waals surface area contributed by atoms with Gasteiger partial charge in [-0.25, -0.2) is 4.98 Å². The number of hydrogen-bond donors (Lipinski definition) is 1. The Labute approximate surface area is 151 Å². The summed E-state index contributed by atoms with van der Waals surface area (Å²) in [5.41, 5.74) is 2.48. The highest BCUT2D eigenvalue weighted by Gasteiger charge is 2.30. The zero-order valence-corrected chi connectivity index (χ0v) is 15.6. The van der Waals surface area contributed by atoms with E-state index in [9.17, 15) is 5.11 Å². The Bertz CT molecular complexity index is 879. The average Bonchev–Trinajstić information content (AvgIpc) is 3.16. The molecule has 5 nitrogen and oxygen atoms in total. The molecule has 3 heterocycles. The van der Waals surface area contributed by atoms with E-state index in [1.165, 1.54) is 30.4 Å². The largest absolute Gasteiger partial charge is 0.492 e. The van der Waals surface area contributed by atoms with E-state index in [1.54, 1.807) is 15.9 Å². The molecule has 3 aromatic rings. The molecule has 6 heteroatoms. The van der Waals surface area contributed by atoms with Crippen molar-refractivity contribution in [1.29, 1.82) is 0 Å². The van der Waals surface area contributed by atoms with Crippen LogP contribution in [0.5, 0.6) is 5.88 Å². The molecule has 4 rings (SSSR count). The van der Waals surface area contributed by atoms with E-state index in [1.807, 2.05) is 6.92 Å². The summed E-state index contributed by atoms with van der Waals surface area (Å²) in [5.74, 6) is 1.02. The number of benzene rings is 1. The molecule has 0 bridgehead atoms. The van der Waals surface area contributed by atoms with Crippen molar-refractivity contribution in [2.45, 2.75) is 45.6 Å². The topological polar surface area (TPSA) is 53.7 Å². The molecule has 0 saturated carbocycles. The van der Waals surface area contributed by atoms with E-state index >= 15 is 0 Å². The van der Waals surface area contributed by atoms with Crippen LogP contribution in [0.4, 0.5) is 0 Å². The van der Waals surface area contributed by atoms with Gasteiger partial charge in [-0.15, -0.1) is 5.10 Å². The lowest BCUT2D eigenvalue weighted by Gasteiger charge is -2.34. The third-order valence-corrected chi connectivity index (χ3v) is 5.99. The van der Waals surface area contributed by atoms with Gasteiger partial charge in [0.25, 0.3) is 0 Å². The standard InChI is InChI=1S/C19H24N4OS/c1-3-15-20-19-23(21-15)18(24)17(25-19)16(22-10-5-4-6-11-22)14-9-7-8-13(2)12-14/h7-9,12,16,24H,3-6,10-11H2,1-2H3/t16-/m1/s1. The monoisotopic (exact) mass is 356 g/mol. The number of rotatable bonds is 4. The van der Waals surface area contributed by atoms with Crippen LogP contribution in [0.3, 0.4) is 0 Å². The first-order valence-corrected chi connectivity index (χ1v) is 9.87. The molecule has 0 amide bonds. The zero-order valence-electron chi connectivity index (χ0n) is 14.8. The first-order valence-electron chi connectivity index (χ1n) is 9.05. The molecule has 1 fully saturated rings. The predicted molar refractivity (Wildman–Crippen MR) is 100 cm³/mol. The quantitative estimate of drug-likeness (QED) is 0.769. The molecule has 1 aliphatic heterocycles. The molecule has 0 radical (unpaired) electrons. The highest BCUT2D eigenvalue weighted by Crippen LogP contribution is 2.40. The summed E-state index contributed by atoms with van der Waals surface area (Å²) in [7, 11) is 0. The fourth-order valence-corrected chi connectivity index (χ4v) is 4.80. The van der Waals surface area contributed by atoms with Crippen molar-refractivity contribution >= 4 is 16.3 Å². The highest BCUT2D eigenvalue weighted by atomic mass is 32.1. The zero-order chi connectivity index (χ0) is 17.4. The predicted octanol–water partition coefficient (Wildman–Crippen LogP) is 3.94. The number of nitrogens with zero attached hydrogens (tertiary/aromatic N) is 4. The summed E-state index contributed by atoms with van der Waals surface area (Å²) in [6, 6.07) is 8.68. The number of piperidine rings is 1. The number of fused-ring (bicyclic) bond motifs is 1. The minimum absolute atomic E-state index is 0.0683.